The van der Waals surface area contributed by atoms with Gasteiger partial charge in [0.1, 0.15) is 8.64 Å². The molecule has 0 radical (unpaired) electrons. The van der Waals surface area contributed by atoms with E-state index in [2.05, 4.69) is 53.1 Å². The number of thiocarbonyl (C=S) groups is 2. The third kappa shape index (κ3) is 6.43. The number of rotatable bonds is 4. The van der Waals surface area contributed by atoms with E-state index in [0.717, 1.165) is 26.3 Å². The van der Waals surface area contributed by atoms with Crippen molar-refractivity contribution in [2.75, 3.05) is 17.8 Å². The lowest BCUT2D eigenvalue weighted by molar-refractivity contribution is 0.743. The smallest absolute Gasteiger partial charge is 0.137 e. The average molecular weight is 393 g/mol. The molecular weight excluding hydrogens is 372 g/mol. The Labute approximate surface area is 163 Å². The Hall–Kier alpha value is -1.08. The third-order valence-electron chi connectivity index (χ3n) is 3.43. The van der Waals surface area contributed by atoms with Crippen LogP contribution >= 0.6 is 48.0 Å². The van der Waals surface area contributed by atoms with Gasteiger partial charge < -0.3 is 10.6 Å². The number of anilines is 1. The first-order valence-corrected chi connectivity index (χ1v) is 10.7. The van der Waals surface area contributed by atoms with Crippen LogP contribution in [0.4, 0.5) is 5.69 Å². The van der Waals surface area contributed by atoms with Crippen LogP contribution in [0.1, 0.15) is 12.0 Å². The van der Waals surface area contributed by atoms with Crippen LogP contribution in [0.3, 0.4) is 0 Å². The van der Waals surface area contributed by atoms with Crippen LogP contribution in [0, 0.1) is 0 Å². The molecule has 0 amide bonds. The van der Waals surface area contributed by atoms with Crippen molar-refractivity contribution >= 4 is 68.4 Å². The largest absolute Gasteiger partial charge is 0.364 e. The maximum Gasteiger partial charge on any atom is 0.137 e. The molecule has 0 spiro atoms. The number of hydrogen-bond donors (Lipinski definition) is 2. The highest BCUT2D eigenvalue weighted by atomic mass is 32.2. The van der Waals surface area contributed by atoms with Crippen LogP contribution in [-0.4, -0.2) is 27.2 Å². The summed E-state index contributed by atoms with van der Waals surface area (Å²) in [5.41, 5.74) is 3.39. The van der Waals surface area contributed by atoms with Gasteiger partial charge in [-0.2, -0.15) is 0 Å². The van der Waals surface area contributed by atoms with Gasteiger partial charge in [-0.25, -0.2) is 0 Å². The number of benzene rings is 1. The Morgan fingerprint density at radius 1 is 1.08 bits per heavy atom. The first-order valence-electron chi connectivity index (χ1n) is 7.46. The van der Waals surface area contributed by atoms with Gasteiger partial charge in [0.15, 0.2) is 0 Å². The zero-order valence-electron chi connectivity index (χ0n) is 13.6. The molecule has 2 rings (SSSR count). The monoisotopic (exact) mass is 392 g/mol. The van der Waals surface area contributed by atoms with Gasteiger partial charge in [0.2, 0.25) is 0 Å². The van der Waals surface area contributed by atoms with Crippen LogP contribution < -0.4 is 10.6 Å². The minimum absolute atomic E-state index is 0.299. The zero-order chi connectivity index (χ0) is 17.4. The summed E-state index contributed by atoms with van der Waals surface area (Å²) in [5.74, 6) is 0. The fraction of sp³-hybridized carbons (Fsp3) is 0.222. The first-order chi connectivity index (χ1) is 11.6. The summed E-state index contributed by atoms with van der Waals surface area (Å²) in [6.45, 7) is 0. The number of hydrogen-bond acceptors (Lipinski definition) is 4. The highest BCUT2D eigenvalue weighted by molar-refractivity contribution is 8.23. The van der Waals surface area contributed by atoms with Crippen molar-refractivity contribution in [2.45, 2.75) is 12.5 Å². The van der Waals surface area contributed by atoms with Gasteiger partial charge in [0.05, 0.1) is 0 Å². The maximum absolute atomic E-state index is 5.19. The van der Waals surface area contributed by atoms with Crippen molar-refractivity contribution in [3.63, 3.8) is 0 Å². The van der Waals surface area contributed by atoms with Crippen LogP contribution in [-0.2, 0) is 0 Å². The van der Waals surface area contributed by atoms with Crippen LogP contribution in [0.15, 0.2) is 54.1 Å². The third-order valence-corrected chi connectivity index (χ3v) is 5.61. The van der Waals surface area contributed by atoms with E-state index in [-0.39, 0.29) is 0 Å². The Morgan fingerprint density at radius 3 is 2.38 bits per heavy atom. The minimum Gasteiger partial charge on any atom is -0.364 e. The molecule has 0 saturated heterocycles. The molecule has 0 heterocycles. The summed E-state index contributed by atoms with van der Waals surface area (Å²) in [5, 5.41) is 6.49. The van der Waals surface area contributed by atoms with Crippen molar-refractivity contribution in [1.82, 2.24) is 5.32 Å². The molecule has 1 aliphatic carbocycles. The molecule has 0 unspecified atom stereocenters. The highest BCUT2D eigenvalue weighted by Crippen LogP contribution is 2.16. The van der Waals surface area contributed by atoms with E-state index in [1.807, 2.05) is 24.6 Å². The molecule has 1 aliphatic rings. The fourth-order valence-corrected chi connectivity index (χ4v) is 2.88. The minimum atomic E-state index is 0.299. The Bertz CT molecular complexity index is 675. The molecule has 6 heteroatoms. The number of thioether (sulfide) groups is 2. The van der Waals surface area contributed by atoms with Crippen molar-refractivity contribution in [3.8, 4) is 0 Å². The van der Waals surface area contributed by atoms with E-state index in [1.54, 1.807) is 11.8 Å². The average Bonchev–Trinajstić information content (AvgIpc) is 2.62. The molecule has 0 saturated carbocycles. The lowest BCUT2D eigenvalue weighted by Crippen LogP contribution is -2.30. The van der Waals surface area contributed by atoms with Crippen LogP contribution in [0.2, 0.25) is 0 Å². The molecule has 1 atom stereocenters. The lowest BCUT2D eigenvalue weighted by atomic mass is 10.0. The molecule has 0 bridgehead atoms. The molecule has 126 valence electrons. The molecule has 0 fully saturated rings. The molecular formula is C18H20N2S4. The van der Waals surface area contributed by atoms with E-state index in [9.17, 15) is 0 Å². The number of allylic oxidation sites excluding steroid dienone is 3. The Balaban J connectivity index is 1.89. The van der Waals surface area contributed by atoms with E-state index in [4.69, 9.17) is 24.4 Å². The van der Waals surface area contributed by atoms with Crippen molar-refractivity contribution in [2.24, 2.45) is 0 Å². The second-order valence-electron chi connectivity index (χ2n) is 5.11. The highest BCUT2D eigenvalue weighted by Gasteiger charge is 2.08. The van der Waals surface area contributed by atoms with Crippen molar-refractivity contribution in [3.05, 3.63) is 59.7 Å². The van der Waals surface area contributed by atoms with E-state index < -0.39 is 0 Å². The van der Waals surface area contributed by atoms with Gasteiger partial charge in [-0.3, -0.25) is 0 Å². The van der Waals surface area contributed by atoms with Crippen molar-refractivity contribution < 1.29 is 0 Å². The first kappa shape index (κ1) is 19.2. The molecule has 1 aromatic carbocycles. The summed E-state index contributed by atoms with van der Waals surface area (Å²) in [6.07, 6.45) is 15.7. The molecule has 24 heavy (non-hydrogen) atoms. The predicted octanol–water partition coefficient (Wildman–Crippen LogP) is 5.25. The second-order valence-corrected chi connectivity index (χ2v) is 8.08. The SMILES string of the molecule is CSC(=S)Nc1ccc(/C=C/C2=CC[C@@H](NC(=S)SC)C=C2)cc1. The van der Waals surface area contributed by atoms with Gasteiger partial charge in [0.25, 0.3) is 0 Å². The quantitative estimate of drug-likeness (QED) is 0.679. The van der Waals surface area contributed by atoms with Crippen LogP contribution in [0.25, 0.3) is 6.08 Å². The number of nitrogens with one attached hydrogen (secondary N) is 2. The Kier molecular flexibility index (Phi) is 8.05. The van der Waals surface area contributed by atoms with E-state index >= 15 is 0 Å². The van der Waals surface area contributed by atoms with Gasteiger partial charge >= 0.3 is 0 Å². The summed E-state index contributed by atoms with van der Waals surface area (Å²) < 4.78 is 1.62. The Morgan fingerprint density at radius 2 is 1.79 bits per heavy atom. The zero-order valence-corrected chi connectivity index (χ0v) is 16.9. The van der Waals surface area contributed by atoms with Gasteiger partial charge in [0, 0.05) is 11.7 Å². The fourth-order valence-electron chi connectivity index (χ4n) is 2.12. The molecule has 0 aliphatic heterocycles. The molecule has 2 N–H and O–H groups in total. The van der Waals surface area contributed by atoms with Gasteiger partial charge in [-0.1, -0.05) is 66.9 Å². The lowest BCUT2D eigenvalue weighted by Gasteiger charge is -2.17. The van der Waals surface area contributed by atoms with E-state index in [0.29, 0.717) is 6.04 Å². The second kappa shape index (κ2) is 10.0. The molecule has 0 aromatic heterocycles. The summed E-state index contributed by atoms with van der Waals surface area (Å²) in [7, 11) is 0. The molecule has 2 nitrogen and oxygen atoms in total. The van der Waals surface area contributed by atoms with Gasteiger partial charge in [-0.15, -0.1) is 23.5 Å². The van der Waals surface area contributed by atoms with Gasteiger partial charge in [-0.05, 0) is 42.2 Å². The predicted molar refractivity (Wildman–Crippen MR) is 120 cm³/mol. The van der Waals surface area contributed by atoms with Crippen LogP contribution in [0.5, 0.6) is 0 Å². The van der Waals surface area contributed by atoms with Crippen molar-refractivity contribution in [1.29, 1.82) is 0 Å². The van der Waals surface area contributed by atoms with E-state index in [1.165, 1.54) is 17.3 Å². The summed E-state index contributed by atoms with van der Waals surface area (Å²) in [4.78, 5) is 0. The summed E-state index contributed by atoms with van der Waals surface area (Å²) >= 11 is 13.5. The normalized spacial score (nSPS) is 16.8. The molecule has 1 aromatic rings. The maximum atomic E-state index is 5.19. The summed E-state index contributed by atoms with van der Waals surface area (Å²) in [6, 6.07) is 8.53. The topological polar surface area (TPSA) is 24.1 Å². The standard InChI is InChI=1S/C18H20N2S4/c1-23-17(21)19-15-9-5-13(6-10-15)3-4-14-7-11-16(12-8-14)20-18(22)24-2/h3-11,16H,12H2,1-2H3,(H,19,21)(H,20,22)/b4-3+/t16-/m0/s1.